The summed E-state index contributed by atoms with van der Waals surface area (Å²) in [7, 11) is -2.58. The lowest BCUT2D eigenvalue weighted by Gasteiger charge is -2.37. The Morgan fingerprint density at radius 2 is 1.62 bits per heavy atom. The van der Waals surface area contributed by atoms with Crippen molar-refractivity contribution in [3.63, 3.8) is 0 Å². The largest absolute Gasteiger partial charge is 0.465 e. The Kier molecular flexibility index (Phi) is 9.46. The topological polar surface area (TPSA) is 92.4 Å². The van der Waals surface area contributed by atoms with E-state index in [1.807, 2.05) is 0 Å². The number of carboxylic acid groups (broad SMARTS) is 1. The normalized spacial score (nSPS) is 21.6. The molecule has 3 atom stereocenters. The van der Waals surface area contributed by atoms with Gasteiger partial charge >= 0.3 is 6.09 Å². The minimum absolute atomic E-state index is 0.105. The van der Waals surface area contributed by atoms with Crippen LogP contribution in [0.2, 0.25) is 51.4 Å². The molecule has 1 amide bonds. The van der Waals surface area contributed by atoms with E-state index >= 15 is 4.39 Å². The summed E-state index contributed by atoms with van der Waals surface area (Å²) in [4.78, 5) is 19.9. The third kappa shape index (κ3) is 7.40. The molecule has 0 unspecified atom stereocenters. The quantitative estimate of drug-likeness (QED) is 0.161. The highest BCUT2D eigenvalue weighted by molar-refractivity contribution is 9.10. The van der Waals surface area contributed by atoms with Gasteiger partial charge in [0, 0.05) is 47.4 Å². The van der Waals surface area contributed by atoms with Crippen molar-refractivity contribution in [1.29, 1.82) is 0 Å². The minimum Gasteiger partial charge on any atom is -0.465 e. The molecule has 13 heteroatoms. The molecule has 2 aromatic rings. The summed E-state index contributed by atoms with van der Waals surface area (Å²) < 4.78 is 30.9. The van der Waals surface area contributed by atoms with Crippen LogP contribution in [-0.2, 0) is 9.47 Å². The van der Waals surface area contributed by atoms with Crippen molar-refractivity contribution >= 4 is 49.6 Å². The van der Waals surface area contributed by atoms with Crippen LogP contribution >= 0.6 is 15.9 Å². The van der Waals surface area contributed by atoms with Crippen molar-refractivity contribution in [1.82, 2.24) is 19.5 Å². The van der Waals surface area contributed by atoms with Gasteiger partial charge in [-0.3, -0.25) is 0 Å². The van der Waals surface area contributed by atoms with Gasteiger partial charge in [0.15, 0.2) is 17.3 Å². The molecule has 4 rings (SSSR count). The van der Waals surface area contributed by atoms with Gasteiger partial charge in [-0.25, -0.2) is 14.2 Å². The van der Waals surface area contributed by atoms with Crippen molar-refractivity contribution in [3.8, 4) is 0 Å². The highest BCUT2D eigenvalue weighted by atomic mass is 79.9. The number of aromatic nitrogens is 3. The average Bonchev–Trinajstić information content (AvgIpc) is 3.32. The first-order chi connectivity index (χ1) is 18.2. The van der Waals surface area contributed by atoms with E-state index in [0.29, 0.717) is 41.9 Å². The number of piperidine rings is 1. The van der Waals surface area contributed by atoms with Crippen LogP contribution in [0.15, 0.2) is 10.7 Å². The van der Waals surface area contributed by atoms with E-state index in [1.165, 1.54) is 4.52 Å². The molecule has 2 aromatic heterocycles. The number of amides is 1. The van der Waals surface area contributed by atoms with Gasteiger partial charge in [-0.05, 0) is 53.7 Å². The number of carbonyl (C=O) groups is 1. The second-order valence-corrected chi connectivity index (χ2v) is 25.4. The van der Waals surface area contributed by atoms with Gasteiger partial charge in [0.25, 0.3) is 0 Å². The van der Waals surface area contributed by atoms with Crippen molar-refractivity contribution in [2.45, 2.75) is 95.1 Å². The van der Waals surface area contributed by atoms with Crippen LogP contribution in [0.5, 0.6) is 0 Å². The van der Waals surface area contributed by atoms with Crippen LogP contribution in [0.1, 0.15) is 37.3 Å². The van der Waals surface area contributed by atoms with Crippen molar-refractivity contribution in [2.24, 2.45) is 0 Å². The number of ether oxygens (including phenoxy) is 2. The predicted octanol–water partition coefficient (Wildman–Crippen LogP) is 6.45. The fourth-order valence-electron chi connectivity index (χ4n) is 5.47. The Balaban J connectivity index is 1.65. The first-order valence-electron chi connectivity index (χ1n) is 13.9. The summed E-state index contributed by atoms with van der Waals surface area (Å²) in [6, 6.07) is 1.81. The summed E-state index contributed by atoms with van der Waals surface area (Å²) in [5.41, 5.74) is 0.901. The van der Waals surface area contributed by atoms with Gasteiger partial charge in [0.1, 0.15) is 13.5 Å². The maximum Gasteiger partial charge on any atom is 0.407 e. The fourth-order valence-corrected chi connectivity index (χ4v) is 7.33. The molecule has 4 heterocycles. The Morgan fingerprint density at radius 1 is 1.08 bits per heavy atom. The van der Waals surface area contributed by atoms with Crippen LogP contribution in [0, 0.1) is 5.82 Å². The standard InChI is InChI=1S/C26H43BrFN5O4Si2/c1-38(2,3)11-9-36-16-31(17-37-10-12-39(4,5)6)25-22(28)23(30-24-21(27)15-29-33(24)25)18-13-19-7-8-20(14-18)32(19)26(34)35/h15,18-20H,7-14,16-17H2,1-6H3,(H,34,35)/t18-,19-,20+. The Morgan fingerprint density at radius 3 is 2.10 bits per heavy atom. The second-order valence-electron chi connectivity index (χ2n) is 13.3. The number of hydrogen-bond acceptors (Lipinski definition) is 6. The Labute approximate surface area is 241 Å². The van der Waals surface area contributed by atoms with Gasteiger partial charge in [-0.1, -0.05) is 39.3 Å². The number of nitrogens with zero attached hydrogens (tertiary/aromatic N) is 5. The maximum atomic E-state index is 16.6. The molecule has 2 saturated heterocycles. The second kappa shape index (κ2) is 12.1. The van der Waals surface area contributed by atoms with Crippen LogP contribution in [0.25, 0.3) is 5.65 Å². The fraction of sp³-hybridized carbons (Fsp3) is 0.731. The zero-order valence-electron chi connectivity index (χ0n) is 24.0. The molecule has 0 saturated carbocycles. The highest BCUT2D eigenvalue weighted by Crippen LogP contribution is 2.44. The lowest BCUT2D eigenvalue weighted by Crippen LogP contribution is -2.45. The SMILES string of the molecule is C[Si](C)(C)CCOCN(COCC[Si](C)(C)C)c1c(F)c([C@@H]2C[C@H]3CC[C@@H](C2)N3C(=O)O)nc2c(Br)cnn12. The molecule has 2 fully saturated rings. The van der Waals surface area contributed by atoms with Crippen LogP contribution in [0.4, 0.5) is 15.0 Å². The molecular weight excluding hydrogens is 601 g/mol. The maximum absolute atomic E-state index is 16.6. The Hall–Kier alpha value is -1.55. The number of anilines is 1. The Bertz CT molecular complexity index is 1140. The molecule has 0 aliphatic carbocycles. The zero-order chi connectivity index (χ0) is 28.5. The molecule has 0 aromatic carbocycles. The number of rotatable bonds is 12. The highest BCUT2D eigenvalue weighted by Gasteiger charge is 2.45. The van der Waals surface area contributed by atoms with Crippen LogP contribution in [-0.4, -0.2) is 85.6 Å². The van der Waals surface area contributed by atoms with Gasteiger partial charge in [0.2, 0.25) is 0 Å². The summed E-state index contributed by atoms with van der Waals surface area (Å²) in [6.07, 6.45) is 3.48. The molecule has 1 N–H and O–H groups in total. The van der Waals surface area contributed by atoms with E-state index < -0.39 is 28.1 Å². The molecule has 2 aliphatic rings. The summed E-state index contributed by atoms with van der Waals surface area (Å²) >= 11 is 3.54. The molecule has 9 nitrogen and oxygen atoms in total. The van der Waals surface area contributed by atoms with Gasteiger partial charge in [0.05, 0.1) is 16.4 Å². The third-order valence-electron chi connectivity index (χ3n) is 7.68. The zero-order valence-corrected chi connectivity index (χ0v) is 27.6. The van der Waals surface area contributed by atoms with E-state index in [0.717, 1.165) is 24.9 Å². The molecule has 218 valence electrons. The van der Waals surface area contributed by atoms with Crippen molar-refractivity contribution in [2.75, 3.05) is 31.6 Å². The molecule has 0 spiro atoms. The van der Waals surface area contributed by atoms with Gasteiger partial charge in [-0.15, -0.1) is 0 Å². The van der Waals surface area contributed by atoms with E-state index in [1.54, 1.807) is 16.0 Å². The minimum atomic E-state index is -1.29. The lowest BCUT2D eigenvalue weighted by molar-refractivity contribution is 0.0922. The van der Waals surface area contributed by atoms with Gasteiger partial charge in [-0.2, -0.15) is 9.61 Å². The smallest absolute Gasteiger partial charge is 0.407 e. The number of halogens is 2. The summed E-state index contributed by atoms with van der Waals surface area (Å²) in [5, 5.41) is 14.1. The molecule has 0 radical (unpaired) electrons. The van der Waals surface area contributed by atoms with Crippen LogP contribution < -0.4 is 4.90 Å². The molecule has 39 heavy (non-hydrogen) atoms. The summed E-state index contributed by atoms with van der Waals surface area (Å²) in [5.74, 6) is -0.338. The molecule has 2 bridgehead atoms. The van der Waals surface area contributed by atoms with Crippen molar-refractivity contribution in [3.05, 3.63) is 22.2 Å². The first-order valence-corrected chi connectivity index (χ1v) is 22.1. The number of hydrogen-bond donors (Lipinski definition) is 1. The lowest BCUT2D eigenvalue weighted by atomic mass is 9.88. The van der Waals surface area contributed by atoms with E-state index in [9.17, 15) is 9.90 Å². The summed E-state index contributed by atoms with van der Waals surface area (Å²) in [6.45, 7) is 15.4. The van der Waals surface area contributed by atoms with E-state index in [2.05, 4.69) is 60.3 Å². The molecule has 2 aliphatic heterocycles. The van der Waals surface area contributed by atoms with Crippen molar-refractivity contribution < 1.29 is 23.8 Å². The third-order valence-corrected chi connectivity index (χ3v) is 11.6. The molecular formula is C26H43BrFN5O4Si2. The van der Waals surface area contributed by atoms with Crippen LogP contribution in [0.3, 0.4) is 0 Å². The van der Waals surface area contributed by atoms with Gasteiger partial charge < -0.3 is 24.4 Å². The van der Waals surface area contributed by atoms with E-state index in [-0.39, 0.29) is 37.3 Å². The monoisotopic (exact) mass is 643 g/mol. The first kappa shape index (κ1) is 30.4. The van der Waals surface area contributed by atoms with E-state index in [4.69, 9.17) is 14.5 Å². The predicted molar refractivity (Wildman–Crippen MR) is 160 cm³/mol. The number of fused-ring (bicyclic) bond motifs is 3. The average molecular weight is 645 g/mol.